The number of nitrogens with two attached hydrogens (primary N) is 1. The van der Waals surface area contributed by atoms with Crippen molar-refractivity contribution in [2.24, 2.45) is 5.73 Å². The zero-order valence-electron chi connectivity index (χ0n) is 10.8. The fraction of sp³-hybridized carbons (Fsp3) is 0.462. The Balaban J connectivity index is 2.42. The van der Waals surface area contributed by atoms with E-state index in [4.69, 9.17) is 10.5 Å². The molecule has 106 valence electrons. The Hall–Kier alpha value is -1.69. The summed E-state index contributed by atoms with van der Waals surface area (Å²) in [6, 6.07) is 3.14. The lowest BCUT2D eigenvalue weighted by Crippen LogP contribution is -2.36. The molecule has 0 spiro atoms. The molecule has 3 N–H and O–H groups in total. The van der Waals surface area contributed by atoms with Crippen LogP contribution >= 0.6 is 0 Å². The van der Waals surface area contributed by atoms with Crippen LogP contribution in [-0.4, -0.2) is 25.1 Å². The molecule has 1 aromatic rings. The monoisotopic (exact) mass is 272 g/mol. The van der Waals surface area contributed by atoms with Gasteiger partial charge in [-0.3, -0.25) is 4.79 Å². The summed E-state index contributed by atoms with van der Waals surface area (Å²) in [5.41, 5.74) is 5.33. The summed E-state index contributed by atoms with van der Waals surface area (Å²) in [7, 11) is 0. The number of benzene rings is 1. The minimum atomic E-state index is -1.01. The van der Waals surface area contributed by atoms with Gasteiger partial charge in [-0.15, -0.1) is 0 Å². The van der Waals surface area contributed by atoms with E-state index in [1.807, 2.05) is 0 Å². The molecule has 0 bridgehead atoms. The van der Waals surface area contributed by atoms with Crippen LogP contribution in [0, 0.1) is 11.6 Å². The highest BCUT2D eigenvalue weighted by Gasteiger charge is 2.14. The van der Waals surface area contributed by atoms with Crippen molar-refractivity contribution in [2.45, 2.75) is 25.9 Å². The molecule has 1 unspecified atom stereocenters. The van der Waals surface area contributed by atoms with E-state index in [1.54, 1.807) is 6.92 Å². The maximum atomic E-state index is 13.0. The smallest absolute Gasteiger partial charge is 0.260 e. The number of carbonyl (C=O) groups is 1. The predicted molar refractivity (Wildman–Crippen MR) is 67.7 cm³/mol. The Bertz CT molecular complexity index is 427. The molecule has 4 nitrogen and oxygen atoms in total. The first-order valence-corrected chi connectivity index (χ1v) is 6.14. The van der Waals surface area contributed by atoms with Crippen LogP contribution < -0.4 is 15.8 Å². The van der Waals surface area contributed by atoms with Gasteiger partial charge in [-0.1, -0.05) is 0 Å². The molecule has 1 aromatic carbocycles. The molecule has 0 fully saturated rings. The van der Waals surface area contributed by atoms with E-state index < -0.39 is 17.7 Å². The van der Waals surface area contributed by atoms with Gasteiger partial charge in [0.25, 0.3) is 5.91 Å². The zero-order valence-corrected chi connectivity index (χ0v) is 10.8. The summed E-state index contributed by atoms with van der Waals surface area (Å²) in [5, 5.41) is 2.68. The molecule has 6 heteroatoms. The lowest BCUT2D eigenvalue weighted by atomic mass is 10.3. The minimum absolute atomic E-state index is 0.114. The molecule has 0 aliphatic heterocycles. The van der Waals surface area contributed by atoms with E-state index in [2.05, 4.69) is 5.32 Å². The Morgan fingerprint density at radius 2 is 2.11 bits per heavy atom. The van der Waals surface area contributed by atoms with Crippen molar-refractivity contribution in [3.05, 3.63) is 29.8 Å². The summed E-state index contributed by atoms with van der Waals surface area (Å²) in [6.45, 7) is 2.64. The standard InChI is InChI=1S/C13H18F2N2O2/c1-9(13(18)17-7-3-2-6-16)19-10-4-5-11(14)12(15)8-10/h4-5,8-9H,2-3,6-7,16H2,1H3,(H,17,18). The second-order valence-electron chi connectivity index (χ2n) is 4.12. The highest BCUT2D eigenvalue weighted by Crippen LogP contribution is 2.16. The normalized spacial score (nSPS) is 12.0. The summed E-state index contributed by atoms with van der Waals surface area (Å²) < 4.78 is 30.9. The molecule has 0 aliphatic rings. The molecule has 0 aromatic heterocycles. The number of carbonyl (C=O) groups excluding carboxylic acids is 1. The van der Waals surface area contributed by atoms with E-state index in [0.29, 0.717) is 13.1 Å². The maximum absolute atomic E-state index is 13.0. The molecule has 0 radical (unpaired) electrons. The van der Waals surface area contributed by atoms with Gasteiger partial charge < -0.3 is 15.8 Å². The van der Waals surface area contributed by atoms with Gasteiger partial charge in [-0.2, -0.15) is 0 Å². The van der Waals surface area contributed by atoms with Crippen LogP contribution in [0.4, 0.5) is 8.78 Å². The van der Waals surface area contributed by atoms with Crippen LogP contribution in [0.25, 0.3) is 0 Å². The van der Waals surface area contributed by atoms with E-state index in [0.717, 1.165) is 25.0 Å². The van der Waals surface area contributed by atoms with Crippen molar-refractivity contribution in [3.8, 4) is 5.75 Å². The van der Waals surface area contributed by atoms with Crippen LogP contribution in [0.3, 0.4) is 0 Å². The first-order valence-electron chi connectivity index (χ1n) is 6.14. The largest absolute Gasteiger partial charge is 0.481 e. The second-order valence-corrected chi connectivity index (χ2v) is 4.12. The molecule has 1 rings (SSSR count). The number of ether oxygens (including phenoxy) is 1. The van der Waals surface area contributed by atoms with Gasteiger partial charge in [0, 0.05) is 12.6 Å². The lowest BCUT2D eigenvalue weighted by molar-refractivity contribution is -0.127. The minimum Gasteiger partial charge on any atom is -0.481 e. The number of halogens is 2. The Kier molecular flexibility index (Phi) is 6.21. The van der Waals surface area contributed by atoms with Crippen molar-refractivity contribution in [2.75, 3.05) is 13.1 Å². The van der Waals surface area contributed by atoms with Crippen LogP contribution in [0.15, 0.2) is 18.2 Å². The SMILES string of the molecule is CC(Oc1ccc(F)c(F)c1)C(=O)NCCCCN. The Labute approximate surface area is 110 Å². The van der Waals surface area contributed by atoms with Gasteiger partial charge in [0.15, 0.2) is 17.7 Å². The highest BCUT2D eigenvalue weighted by molar-refractivity contribution is 5.80. The average molecular weight is 272 g/mol. The van der Waals surface area contributed by atoms with Crippen molar-refractivity contribution in [3.63, 3.8) is 0 Å². The van der Waals surface area contributed by atoms with Crippen molar-refractivity contribution >= 4 is 5.91 Å². The third kappa shape index (κ3) is 5.21. The third-order valence-corrected chi connectivity index (χ3v) is 2.50. The first kappa shape index (κ1) is 15.4. The zero-order chi connectivity index (χ0) is 14.3. The molecular weight excluding hydrogens is 254 g/mol. The Morgan fingerprint density at radius 3 is 2.74 bits per heavy atom. The molecule has 0 saturated carbocycles. The van der Waals surface area contributed by atoms with Crippen LogP contribution in [0.1, 0.15) is 19.8 Å². The van der Waals surface area contributed by atoms with E-state index in [1.165, 1.54) is 6.07 Å². The second kappa shape index (κ2) is 7.68. The summed E-state index contributed by atoms with van der Waals surface area (Å²) in [4.78, 5) is 11.6. The molecule has 19 heavy (non-hydrogen) atoms. The molecule has 0 saturated heterocycles. The number of hydrogen-bond donors (Lipinski definition) is 2. The lowest BCUT2D eigenvalue weighted by Gasteiger charge is -2.14. The van der Waals surface area contributed by atoms with Gasteiger partial charge >= 0.3 is 0 Å². The van der Waals surface area contributed by atoms with Gasteiger partial charge in [0.2, 0.25) is 0 Å². The number of unbranched alkanes of at least 4 members (excludes halogenated alkanes) is 1. The van der Waals surface area contributed by atoms with Gasteiger partial charge in [-0.25, -0.2) is 8.78 Å². The predicted octanol–water partition coefficient (Wildman–Crippen LogP) is 1.59. The molecule has 0 heterocycles. The number of rotatable bonds is 7. The summed E-state index contributed by atoms with van der Waals surface area (Å²) >= 11 is 0. The average Bonchev–Trinajstić information content (AvgIpc) is 2.38. The quantitative estimate of drug-likeness (QED) is 0.741. The van der Waals surface area contributed by atoms with E-state index in [9.17, 15) is 13.6 Å². The van der Waals surface area contributed by atoms with Gasteiger partial charge in [0.05, 0.1) is 0 Å². The van der Waals surface area contributed by atoms with Gasteiger partial charge in [0.1, 0.15) is 5.75 Å². The topological polar surface area (TPSA) is 64.3 Å². The van der Waals surface area contributed by atoms with Crippen molar-refractivity contribution in [1.82, 2.24) is 5.32 Å². The van der Waals surface area contributed by atoms with E-state index in [-0.39, 0.29) is 11.7 Å². The summed E-state index contributed by atoms with van der Waals surface area (Å²) in [6.07, 6.45) is 0.849. The molecule has 1 amide bonds. The maximum Gasteiger partial charge on any atom is 0.260 e. The van der Waals surface area contributed by atoms with Crippen molar-refractivity contribution < 1.29 is 18.3 Å². The van der Waals surface area contributed by atoms with Crippen molar-refractivity contribution in [1.29, 1.82) is 0 Å². The summed E-state index contributed by atoms with van der Waals surface area (Å²) in [5.74, 6) is -2.15. The number of hydrogen-bond acceptors (Lipinski definition) is 3. The first-order chi connectivity index (χ1) is 9.04. The molecule has 1 atom stereocenters. The Morgan fingerprint density at radius 1 is 1.37 bits per heavy atom. The van der Waals surface area contributed by atoms with Crippen LogP contribution in [-0.2, 0) is 4.79 Å². The third-order valence-electron chi connectivity index (χ3n) is 2.50. The fourth-order valence-corrected chi connectivity index (χ4v) is 1.43. The fourth-order valence-electron chi connectivity index (χ4n) is 1.43. The number of nitrogens with one attached hydrogen (secondary N) is 1. The highest BCUT2D eigenvalue weighted by atomic mass is 19.2. The van der Waals surface area contributed by atoms with E-state index >= 15 is 0 Å². The van der Waals surface area contributed by atoms with Crippen LogP contribution in [0.5, 0.6) is 5.75 Å². The van der Waals surface area contributed by atoms with Crippen LogP contribution in [0.2, 0.25) is 0 Å². The number of amides is 1. The van der Waals surface area contributed by atoms with Gasteiger partial charge in [-0.05, 0) is 38.4 Å². The molecule has 0 aliphatic carbocycles. The molecular formula is C13H18F2N2O2.